The van der Waals surface area contributed by atoms with Gasteiger partial charge in [-0.3, -0.25) is 14.2 Å². The van der Waals surface area contributed by atoms with Crippen molar-refractivity contribution in [2.45, 2.75) is 32.4 Å². The summed E-state index contributed by atoms with van der Waals surface area (Å²) in [5, 5.41) is 3.44. The van der Waals surface area contributed by atoms with Gasteiger partial charge in [0.05, 0.1) is 23.8 Å². The Morgan fingerprint density at radius 2 is 2.18 bits per heavy atom. The zero-order chi connectivity index (χ0) is 15.9. The average molecular weight is 303 g/mol. The highest BCUT2D eigenvalue weighted by Gasteiger charge is 2.08. The van der Waals surface area contributed by atoms with E-state index in [2.05, 4.69) is 10.3 Å². The van der Waals surface area contributed by atoms with E-state index in [9.17, 15) is 9.59 Å². The highest BCUT2D eigenvalue weighted by atomic mass is 16.5. The third-order valence-corrected chi connectivity index (χ3v) is 3.36. The number of benzene rings is 1. The maximum absolute atomic E-state index is 12.3. The third kappa shape index (κ3) is 4.14. The van der Waals surface area contributed by atoms with Crippen LogP contribution in [0, 0.1) is 0 Å². The highest BCUT2D eigenvalue weighted by Crippen LogP contribution is 2.05. The van der Waals surface area contributed by atoms with Crippen molar-refractivity contribution in [3.05, 3.63) is 40.9 Å². The van der Waals surface area contributed by atoms with Crippen LogP contribution in [0.5, 0.6) is 0 Å². The molecular formula is C16H21N3O3. The first kappa shape index (κ1) is 16.2. The van der Waals surface area contributed by atoms with E-state index in [1.807, 2.05) is 25.1 Å². The number of aryl methyl sites for hydroxylation is 1. The number of hydrogen-bond acceptors (Lipinski definition) is 4. The van der Waals surface area contributed by atoms with Gasteiger partial charge in [0.15, 0.2) is 0 Å². The van der Waals surface area contributed by atoms with Crippen molar-refractivity contribution in [2.75, 3.05) is 13.7 Å². The van der Waals surface area contributed by atoms with Crippen molar-refractivity contribution in [1.29, 1.82) is 0 Å². The number of carbonyl (C=O) groups is 1. The molecule has 0 aliphatic carbocycles. The fraction of sp³-hybridized carbons (Fsp3) is 0.438. The molecule has 6 nitrogen and oxygen atoms in total. The molecule has 2 aromatic rings. The second-order valence-electron chi connectivity index (χ2n) is 5.29. The Labute approximate surface area is 129 Å². The molecule has 1 atom stereocenters. The number of ether oxygens (including phenoxy) is 1. The summed E-state index contributed by atoms with van der Waals surface area (Å²) < 4.78 is 6.52. The Kier molecular flexibility index (Phi) is 5.66. The van der Waals surface area contributed by atoms with Crippen LogP contribution in [0.3, 0.4) is 0 Å². The van der Waals surface area contributed by atoms with Crippen LogP contribution in [0.1, 0.15) is 19.8 Å². The van der Waals surface area contributed by atoms with Gasteiger partial charge in [-0.15, -0.1) is 0 Å². The van der Waals surface area contributed by atoms with Crippen LogP contribution in [0.4, 0.5) is 0 Å². The van der Waals surface area contributed by atoms with Crippen molar-refractivity contribution in [2.24, 2.45) is 0 Å². The van der Waals surface area contributed by atoms with Gasteiger partial charge in [0.1, 0.15) is 0 Å². The lowest BCUT2D eigenvalue weighted by Gasteiger charge is -2.12. The molecule has 1 heterocycles. The molecule has 0 saturated carbocycles. The van der Waals surface area contributed by atoms with Gasteiger partial charge in [0.2, 0.25) is 5.91 Å². The molecule has 1 aromatic heterocycles. The van der Waals surface area contributed by atoms with Crippen LogP contribution >= 0.6 is 0 Å². The van der Waals surface area contributed by atoms with Crippen LogP contribution in [0.15, 0.2) is 35.4 Å². The standard InChI is InChI=1S/C16H21N3O3/c1-12(10-22-2)18-15(20)8-5-9-19-11-17-14-7-4-3-6-13(14)16(19)21/h3-4,6-7,11-12H,5,8-10H2,1-2H3,(H,18,20)/t12-/m1/s1. The first-order chi connectivity index (χ1) is 10.6. The van der Waals surface area contributed by atoms with Crippen LogP contribution < -0.4 is 10.9 Å². The molecule has 0 aliphatic heterocycles. The van der Waals surface area contributed by atoms with Gasteiger partial charge in [0, 0.05) is 26.1 Å². The van der Waals surface area contributed by atoms with Gasteiger partial charge in [0.25, 0.3) is 5.56 Å². The number of rotatable bonds is 7. The number of nitrogens with zero attached hydrogens (tertiary/aromatic N) is 2. The van der Waals surface area contributed by atoms with Crippen LogP contribution in [-0.2, 0) is 16.1 Å². The number of para-hydroxylation sites is 1. The summed E-state index contributed by atoms with van der Waals surface area (Å²) in [6.07, 6.45) is 2.49. The minimum atomic E-state index is -0.0706. The summed E-state index contributed by atoms with van der Waals surface area (Å²) in [5.41, 5.74) is 0.619. The number of carbonyl (C=O) groups excluding carboxylic acids is 1. The van der Waals surface area contributed by atoms with Crippen LogP contribution in [0.25, 0.3) is 10.9 Å². The highest BCUT2D eigenvalue weighted by molar-refractivity contribution is 5.77. The lowest BCUT2D eigenvalue weighted by Crippen LogP contribution is -2.35. The van der Waals surface area contributed by atoms with Crippen molar-refractivity contribution in [1.82, 2.24) is 14.9 Å². The van der Waals surface area contributed by atoms with Crippen molar-refractivity contribution < 1.29 is 9.53 Å². The van der Waals surface area contributed by atoms with E-state index in [1.54, 1.807) is 17.7 Å². The van der Waals surface area contributed by atoms with Gasteiger partial charge in [-0.25, -0.2) is 4.98 Å². The van der Waals surface area contributed by atoms with Gasteiger partial charge in [-0.1, -0.05) is 12.1 Å². The fourth-order valence-electron chi connectivity index (χ4n) is 2.31. The molecule has 0 radical (unpaired) electrons. The summed E-state index contributed by atoms with van der Waals surface area (Å²) in [4.78, 5) is 28.3. The summed E-state index contributed by atoms with van der Waals surface area (Å²) in [5.74, 6) is -0.0358. The Bertz CT molecular complexity index is 696. The Morgan fingerprint density at radius 1 is 1.41 bits per heavy atom. The summed E-state index contributed by atoms with van der Waals surface area (Å²) in [7, 11) is 1.60. The quantitative estimate of drug-likeness (QED) is 0.837. The van der Waals surface area contributed by atoms with Gasteiger partial charge >= 0.3 is 0 Å². The first-order valence-electron chi connectivity index (χ1n) is 7.34. The third-order valence-electron chi connectivity index (χ3n) is 3.36. The zero-order valence-corrected chi connectivity index (χ0v) is 12.9. The first-order valence-corrected chi connectivity index (χ1v) is 7.34. The number of amides is 1. The maximum Gasteiger partial charge on any atom is 0.261 e. The number of methoxy groups -OCH3 is 1. The topological polar surface area (TPSA) is 73.2 Å². The molecule has 1 N–H and O–H groups in total. The Balaban J connectivity index is 1.91. The summed E-state index contributed by atoms with van der Waals surface area (Å²) >= 11 is 0. The second kappa shape index (κ2) is 7.70. The lowest BCUT2D eigenvalue weighted by molar-refractivity contribution is -0.122. The normalized spacial score (nSPS) is 12.3. The molecule has 0 bridgehead atoms. The summed E-state index contributed by atoms with van der Waals surface area (Å²) in [6.45, 7) is 2.85. The monoisotopic (exact) mass is 303 g/mol. The SMILES string of the molecule is COC[C@@H](C)NC(=O)CCCn1cnc2ccccc2c1=O. The lowest BCUT2D eigenvalue weighted by atomic mass is 10.2. The average Bonchev–Trinajstić information content (AvgIpc) is 2.50. The predicted octanol–water partition coefficient (Wildman–Crippen LogP) is 1.33. The van der Waals surface area contributed by atoms with E-state index in [-0.39, 0.29) is 17.5 Å². The number of fused-ring (bicyclic) bond motifs is 1. The molecular weight excluding hydrogens is 282 g/mol. The van der Waals surface area contributed by atoms with Crippen molar-refractivity contribution in [3.63, 3.8) is 0 Å². The van der Waals surface area contributed by atoms with Crippen LogP contribution in [0.2, 0.25) is 0 Å². The molecule has 2 rings (SSSR count). The van der Waals surface area contributed by atoms with E-state index in [0.29, 0.717) is 36.9 Å². The van der Waals surface area contributed by atoms with E-state index in [1.165, 1.54) is 6.33 Å². The Morgan fingerprint density at radius 3 is 2.95 bits per heavy atom. The van der Waals surface area contributed by atoms with Gasteiger partial charge in [-0.2, -0.15) is 0 Å². The zero-order valence-electron chi connectivity index (χ0n) is 12.9. The van der Waals surface area contributed by atoms with E-state index >= 15 is 0 Å². The number of hydrogen-bond donors (Lipinski definition) is 1. The Hall–Kier alpha value is -2.21. The molecule has 6 heteroatoms. The molecule has 22 heavy (non-hydrogen) atoms. The van der Waals surface area contributed by atoms with Gasteiger partial charge < -0.3 is 10.1 Å². The molecule has 0 unspecified atom stereocenters. The van der Waals surface area contributed by atoms with E-state index < -0.39 is 0 Å². The molecule has 0 fully saturated rings. The van der Waals surface area contributed by atoms with Crippen molar-refractivity contribution >= 4 is 16.8 Å². The molecule has 118 valence electrons. The second-order valence-corrected chi connectivity index (χ2v) is 5.29. The summed E-state index contributed by atoms with van der Waals surface area (Å²) in [6, 6.07) is 7.24. The molecule has 0 aliphatic rings. The molecule has 0 spiro atoms. The van der Waals surface area contributed by atoms with E-state index in [4.69, 9.17) is 4.74 Å². The molecule has 1 amide bonds. The molecule has 1 aromatic carbocycles. The smallest absolute Gasteiger partial charge is 0.261 e. The maximum atomic E-state index is 12.3. The number of nitrogens with one attached hydrogen (secondary N) is 1. The van der Waals surface area contributed by atoms with Gasteiger partial charge in [-0.05, 0) is 25.5 Å². The number of aromatic nitrogens is 2. The van der Waals surface area contributed by atoms with Crippen molar-refractivity contribution in [3.8, 4) is 0 Å². The molecule has 0 saturated heterocycles. The predicted molar refractivity (Wildman–Crippen MR) is 84.7 cm³/mol. The minimum Gasteiger partial charge on any atom is -0.383 e. The largest absolute Gasteiger partial charge is 0.383 e. The minimum absolute atomic E-state index is 0.0115. The fourth-order valence-corrected chi connectivity index (χ4v) is 2.31. The van der Waals surface area contributed by atoms with E-state index in [0.717, 1.165) is 0 Å². The van der Waals surface area contributed by atoms with Crippen LogP contribution in [-0.4, -0.2) is 35.2 Å².